The van der Waals surface area contributed by atoms with E-state index in [1.165, 1.54) is 6.07 Å². The fraction of sp³-hybridized carbons (Fsp3) is 0. The van der Waals surface area contributed by atoms with Crippen LogP contribution < -0.4 is 0 Å². The van der Waals surface area contributed by atoms with Crippen LogP contribution in [0.5, 0.6) is 0 Å². The minimum Gasteiger partial charge on any atom is -0.416 e. The number of rotatable bonds is 3. The van der Waals surface area contributed by atoms with Gasteiger partial charge in [0.25, 0.3) is 11.6 Å². The van der Waals surface area contributed by atoms with Crippen molar-refractivity contribution < 1.29 is 9.34 Å². The topological polar surface area (TPSA) is 82.1 Å². The molecule has 0 aliphatic heterocycles. The zero-order valence-electron chi connectivity index (χ0n) is 10.6. The van der Waals surface area contributed by atoms with Crippen LogP contribution in [-0.2, 0) is 0 Å². The average Bonchev–Trinajstić information content (AvgIpc) is 2.97. The minimum absolute atomic E-state index is 0.0696. The van der Waals surface area contributed by atoms with Gasteiger partial charge in [-0.2, -0.15) is 0 Å². The Morgan fingerprint density at radius 2 is 1.52 bits per heavy atom. The molecular formula is C14H8BrN3O3. The normalized spacial score (nSPS) is 10.5. The van der Waals surface area contributed by atoms with Crippen LogP contribution in [-0.4, -0.2) is 15.1 Å². The number of nitrogens with zero attached hydrogens (tertiary/aromatic N) is 3. The van der Waals surface area contributed by atoms with Crippen LogP contribution in [0.15, 0.2) is 57.4 Å². The lowest BCUT2D eigenvalue weighted by Crippen LogP contribution is -1.91. The summed E-state index contributed by atoms with van der Waals surface area (Å²) in [5.74, 6) is 0.420. The average molecular weight is 346 g/mol. The maximum atomic E-state index is 11.0. The second kappa shape index (κ2) is 5.45. The first kappa shape index (κ1) is 13.4. The van der Waals surface area contributed by atoms with Crippen molar-refractivity contribution in [3.8, 4) is 22.9 Å². The van der Waals surface area contributed by atoms with Crippen LogP contribution in [0, 0.1) is 10.1 Å². The summed E-state index contributed by atoms with van der Waals surface area (Å²) < 4.78 is 6.38. The highest BCUT2D eigenvalue weighted by atomic mass is 79.9. The van der Waals surface area contributed by atoms with Crippen molar-refractivity contribution in [1.29, 1.82) is 0 Å². The molecule has 0 N–H and O–H groups in total. The molecule has 0 aliphatic carbocycles. The van der Waals surface area contributed by atoms with Gasteiger partial charge in [-0.15, -0.1) is 10.2 Å². The van der Waals surface area contributed by atoms with Gasteiger partial charge in [-0.25, -0.2) is 0 Å². The fourth-order valence-electron chi connectivity index (χ4n) is 1.89. The number of hydrogen-bond donors (Lipinski definition) is 0. The Labute approximate surface area is 127 Å². The van der Waals surface area contributed by atoms with E-state index in [1.54, 1.807) is 18.2 Å². The molecule has 0 unspecified atom stereocenters. The lowest BCUT2D eigenvalue weighted by Gasteiger charge is -1.98. The van der Waals surface area contributed by atoms with Crippen LogP contribution in [0.4, 0.5) is 5.69 Å². The molecule has 6 nitrogen and oxygen atoms in total. The molecule has 0 aliphatic rings. The van der Waals surface area contributed by atoms with Crippen LogP contribution in [0.1, 0.15) is 0 Å². The molecule has 0 saturated carbocycles. The summed E-state index contributed by atoms with van der Waals surface area (Å²) >= 11 is 3.40. The second-order valence-electron chi connectivity index (χ2n) is 4.17. The molecule has 0 saturated heterocycles. The predicted molar refractivity (Wildman–Crippen MR) is 79.5 cm³/mol. The SMILES string of the molecule is O=[N+]([O-])c1ccccc1-c1nnc(-c2ccccc2Br)o1. The predicted octanol–water partition coefficient (Wildman–Crippen LogP) is 4.07. The highest BCUT2D eigenvalue weighted by Crippen LogP contribution is 2.32. The van der Waals surface area contributed by atoms with E-state index in [2.05, 4.69) is 26.1 Å². The van der Waals surface area contributed by atoms with Gasteiger partial charge in [0.1, 0.15) is 5.56 Å². The van der Waals surface area contributed by atoms with E-state index >= 15 is 0 Å². The summed E-state index contributed by atoms with van der Waals surface area (Å²) in [7, 11) is 0. The Hall–Kier alpha value is -2.54. The van der Waals surface area contributed by atoms with Crippen molar-refractivity contribution in [2.24, 2.45) is 0 Å². The molecular weight excluding hydrogens is 338 g/mol. The van der Waals surface area contributed by atoms with Gasteiger partial charge in [-0.05, 0) is 34.1 Å². The largest absolute Gasteiger partial charge is 0.416 e. The molecule has 3 rings (SSSR count). The zero-order chi connectivity index (χ0) is 14.8. The van der Waals surface area contributed by atoms with E-state index in [1.807, 2.05) is 24.3 Å². The molecule has 1 aromatic heterocycles. The van der Waals surface area contributed by atoms with Gasteiger partial charge >= 0.3 is 0 Å². The fourth-order valence-corrected chi connectivity index (χ4v) is 2.34. The quantitative estimate of drug-likeness (QED) is 0.527. The number of hydrogen-bond acceptors (Lipinski definition) is 5. The maximum absolute atomic E-state index is 11.0. The molecule has 3 aromatic rings. The number of para-hydroxylation sites is 1. The zero-order valence-corrected chi connectivity index (χ0v) is 12.1. The van der Waals surface area contributed by atoms with E-state index in [9.17, 15) is 10.1 Å². The van der Waals surface area contributed by atoms with Crippen molar-refractivity contribution >= 4 is 21.6 Å². The van der Waals surface area contributed by atoms with Crippen LogP contribution in [0.25, 0.3) is 22.9 Å². The lowest BCUT2D eigenvalue weighted by atomic mass is 10.2. The first-order chi connectivity index (χ1) is 10.2. The Morgan fingerprint density at radius 1 is 0.952 bits per heavy atom. The van der Waals surface area contributed by atoms with Gasteiger partial charge in [0, 0.05) is 10.5 Å². The van der Waals surface area contributed by atoms with Crippen molar-refractivity contribution in [3.63, 3.8) is 0 Å². The number of halogens is 1. The van der Waals surface area contributed by atoms with Crippen molar-refractivity contribution in [2.75, 3.05) is 0 Å². The smallest absolute Gasteiger partial charge is 0.282 e. The molecule has 0 atom stereocenters. The maximum Gasteiger partial charge on any atom is 0.282 e. The monoisotopic (exact) mass is 345 g/mol. The minimum atomic E-state index is -0.475. The highest BCUT2D eigenvalue weighted by molar-refractivity contribution is 9.10. The molecule has 2 aromatic carbocycles. The van der Waals surface area contributed by atoms with Gasteiger partial charge in [-0.3, -0.25) is 10.1 Å². The van der Waals surface area contributed by atoms with E-state index in [0.29, 0.717) is 11.5 Å². The summed E-state index contributed by atoms with van der Waals surface area (Å²) in [6, 6.07) is 13.6. The van der Waals surface area contributed by atoms with Crippen LogP contribution in [0.2, 0.25) is 0 Å². The highest BCUT2D eigenvalue weighted by Gasteiger charge is 2.20. The van der Waals surface area contributed by atoms with Crippen LogP contribution in [0.3, 0.4) is 0 Å². The number of nitro groups is 1. The first-order valence-corrected chi connectivity index (χ1v) is 6.78. The van der Waals surface area contributed by atoms with E-state index in [0.717, 1.165) is 10.0 Å². The molecule has 104 valence electrons. The standard InChI is InChI=1S/C14H8BrN3O3/c15-11-7-3-1-5-9(11)13-16-17-14(21-13)10-6-2-4-8-12(10)18(19)20/h1-8H. The molecule has 0 bridgehead atoms. The van der Waals surface area contributed by atoms with Gasteiger partial charge in [0.2, 0.25) is 5.89 Å². The molecule has 0 fully saturated rings. The van der Waals surface area contributed by atoms with E-state index < -0.39 is 4.92 Å². The van der Waals surface area contributed by atoms with E-state index in [4.69, 9.17) is 4.42 Å². The number of nitro benzene ring substituents is 1. The second-order valence-corrected chi connectivity index (χ2v) is 5.02. The third-order valence-corrected chi connectivity index (χ3v) is 3.55. The molecule has 1 heterocycles. The molecule has 0 spiro atoms. The van der Waals surface area contributed by atoms with Gasteiger partial charge in [-0.1, -0.05) is 24.3 Å². The Morgan fingerprint density at radius 3 is 2.19 bits per heavy atom. The van der Waals surface area contributed by atoms with Gasteiger partial charge < -0.3 is 4.42 Å². The summed E-state index contributed by atoms with van der Waals surface area (Å²) in [4.78, 5) is 10.6. The number of benzene rings is 2. The molecule has 7 heteroatoms. The van der Waals surface area contributed by atoms with Crippen molar-refractivity contribution in [1.82, 2.24) is 10.2 Å². The lowest BCUT2D eigenvalue weighted by molar-refractivity contribution is -0.384. The van der Waals surface area contributed by atoms with Crippen LogP contribution >= 0.6 is 15.9 Å². The third-order valence-electron chi connectivity index (χ3n) is 2.86. The molecule has 0 radical (unpaired) electrons. The summed E-state index contributed by atoms with van der Waals surface area (Å²) in [5.41, 5.74) is 0.961. The molecule has 21 heavy (non-hydrogen) atoms. The Balaban J connectivity index is 2.08. The van der Waals surface area contributed by atoms with Gasteiger partial charge in [0.05, 0.1) is 10.5 Å². The Kier molecular flexibility index (Phi) is 3.49. The first-order valence-electron chi connectivity index (χ1n) is 5.99. The van der Waals surface area contributed by atoms with Crippen molar-refractivity contribution in [3.05, 3.63) is 63.1 Å². The summed E-state index contributed by atoms with van der Waals surface area (Å²) in [6.45, 7) is 0. The van der Waals surface area contributed by atoms with Gasteiger partial charge in [0.15, 0.2) is 0 Å². The summed E-state index contributed by atoms with van der Waals surface area (Å²) in [5, 5.41) is 18.9. The molecule has 0 amide bonds. The summed E-state index contributed by atoms with van der Waals surface area (Å²) in [6.07, 6.45) is 0. The Bertz CT molecular complexity index is 816. The van der Waals surface area contributed by atoms with Crippen molar-refractivity contribution in [2.45, 2.75) is 0 Å². The van der Waals surface area contributed by atoms with E-state index in [-0.39, 0.29) is 11.6 Å². The number of aromatic nitrogens is 2. The third kappa shape index (κ3) is 2.55.